The summed E-state index contributed by atoms with van der Waals surface area (Å²) in [6.45, 7) is 3.82. The Hall–Kier alpha value is -2.36. The van der Waals surface area contributed by atoms with Crippen LogP contribution in [-0.4, -0.2) is 41.8 Å². The molecule has 162 valence electrons. The summed E-state index contributed by atoms with van der Waals surface area (Å²) < 4.78 is 12.4. The number of likely N-dealkylation sites (N-methyl/N-ethyl adjacent to an activating group) is 1. The first kappa shape index (κ1) is 23.3. The lowest BCUT2D eigenvalue weighted by molar-refractivity contribution is -0.121. The van der Waals surface area contributed by atoms with Crippen molar-refractivity contribution in [1.82, 2.24) is 4.90 Å². The van der Waals surface area contributed by atoms with Crippen LogP contribution in [-0.2, 0) is 9.59 Å². The first-order valence-corrected chi connectivity index (χ1v) is 11.3. The molecule has 0 aliphatic carbocycles. The highest BCUT2D eigenvalue weighted by Gasteiger charge is 2.28. The number of rotatable bonds is 6. The van der Waals surface area contributed by atoms with Gasteiger partial charge in [0.05, 0.1) is 17.7 Å². The summed E-state index contributed by atoms with van der Waals surface area (Å²) in [6.07, 6.45) is 1.75. The third-order valence-electron chi connectivity index (χ3n) is 4.69. The molecule has 9 heteroatoms. The zero-order chi connectivity index (χ0) is 22.7. The number of nitrogens with zero attached hydrogens (tertiary/aromatic N) is 1. The molecule has 0 spiro atoms. The third kappa shape index (κ3) is 5.47. The van der Waals surface area contributed by atoms with Crippen LogP contribution < -0.4 is 14.8 Å². The number of aryl methyl sites for hydroxylation is 2. The van der Waals surface area contributed by atoms with Crippen molar-refractivity contribution in [3.63, 3.8) is 0 Å². The van der Waals surface area contributed by atoms with Crippen molar-refractivity contribution in [2.75, 3.05) is 26.1 Å². The Morgan fingerprint density at radius 1 is 1.23 bits per heavy atom. The zero-order valence-electron chi connectivity index (χ0n) is 17.4. The fraction of sp³-hybridized carbons (Fsp3) is 0.227. The highest BCUT2D eigenvalue weighted by molar-refractivity contribution is 9.10. The molecule has 31 heavy (non-hydrogen) atoms. The first-order valence-electron chi connectivity index (χ1n) is 9.28. The lowest BCUT2D eigenvalue weighted by atomic mass is 10.1. The SMILES string of the molecule is COc1cc(C=C2SC(=S)N(C)C2=O)ccc1OCC(=O)Nc1cc(C)c(C)cc1Br. The molecule has 0 aromatic heterocycles. The molecule has 1 N–H and O–H groups in total. The molecule has 6 nitrogen and oxygen atoms in total. The van der Waals surface area contributed by atoms with Crippen molar-refractivity contribution in [3.05, 3.63) is 56.4 Å². The van der Waals surface area contributed by atoms with E-state index in [1.807, 2.05) is 26.0 Å². The molecule has 2 aromatic rings. The summed E-state index contributed by atoms with van der Waals surface area (Å²) in [5.74, 6) is 0.461. The second kappa shape index (κ2) is 9.84. The van der Waals surface area contributed by atoms with Crippen LogP contribution in [0.25, 0.3) is 6.08 Å². The lowest BCUT2D eigenvalue weighted by Crippen LogP contribution is -2.22. The molecule has 1 fully saturated rings. The topological polar surface area (TPSA) is 67.9 Å². The van der Waals surface area contributed by atoms with Gasteiger partial charge in [-0.3, -0.25) is 14.5 Å². The number of benzene rings is 2. The number of nitrogens with one attached hydrogen (secondary N) is 1. The van der Waals surface area contributed by atoms with Gasteiger partial charge >= 0.3 is 0 Å². The summed E-state index contributed by atoms with van der Waals surface area (Å²) in [5, 5.41) is 2.84. The van der Waals surface area contributed by atoms with Gasteiger partial charge in [0.1, 0.15) is 4.32 Å². The fourth-order valence-electron chi connectivity index (χ4n) is 2.80. The van der Waals surface area contributed by atoms with Crippen LogP contribution >= 0.6 is 39.9 Å². The molecule has 1 aliphatic rings. The lowest BCUT2D eigenvalue weighted by Gasteiger charge is -2.13. The van der Waals surface area contributed by atoms with Gasteiger partial charge in [-0.05, 0) is 76.8 Å². The zero-order valence-corrected chi connectivity index (χ0v) is 20.7. The molecule has 0 atom stereocenters. The van der Waals surface area contributed by atoms with Crippen LogP contribution in [0.5, 0.6) is 11.5 Å². The van der Waals surface area contributed by atoms with Crippen LogP contribution in [0.1, 0.15) is 16.7 Å². The molecule has 1 saturated heterocycles. The number of hydrogen-bond acceptors (Lipinski definition) is 6. The van der Waals surface area contributed by atoms with Gasteiger partial charge in [0.2, 0.25) is 0 Å². The van der Waals surface area contributed by atoms with Crippen molar-refractivity contribution >= 4 is 67.8 Å². The summed E-state index contributed by atoms with van der Waals surface area (Å²) >= 11 is 9.87. The maximum Gasteiger partial charge on any atom is 0.265 e. The average molecular weight is 521 g/mol. The minimum absolute atomic E-state index is 0.136. The smallest absolute Gasteiger partial charge is 0.265 e. The summed E-state index contributed by atoms with van der Waals surface area (Å²) in [4.78, 5) is 26.5. The van der Waals surface area contributed by atoms with Gasteiger partial charge < -0.3 is 14.8 Å². The number of amides is 2. The Morgan fingerprint density at radius 3 is 2.58 bits per heavy atom. The largest absolute Gasteiger partial charge is 0.493 e. The van der Waals surface area contributed by atoms with E-state index in [2.05, 4.69) is 21.2 Å². The van der Waals surface area contributed by atoms with Crippen LogP contribution in [0.15, 0.2) is 39.7 Å². The first-order chi connectivity index (χ1) is 14.7. The fourth-order valence-corrected chi connectivity index (χ4v) is 4.53. The van der Waals surface area contributed by atoms with Gasteiger partial charge in [0.25, 0.3) is 11.8 Å². The predicted octanol–water partition coefficient (Wildman–Crippen LogP) is 4.92. The summed E-state index contributed by atoms with van der Waals surface area (Å²) in [5.41, 5.74) is 3.66. The maximum absolute atomic E-state index is 12.4. The van der Waals surface area contributed by atoms with E-state index in [-0.39, 0.29) is 18.4 Å². The number of halogens is 1. The van der Waals surface area contributed by atoms with Gasteiger partial charge in [0, 0.05) is 11.5 Å². The minimum Gasteiger partial charge on any atom is -0.493 e. The monoisotopic (exact) mass is 520 g/mol. The Balaban J connectivity index is 1.68. The number of carbonyl (C=O) groups excluding carboxylic acids is 2. The molecule has 0 bridgehead atoms. The molecular formula is C22H21BrN2O4S2. The Kier molecular flexibility index (Phi) is 7.40. The second-order valence-corrected chi connectivity index (χ2v) is 9.43. The third-order valence-corrected chi connectivity index (χ3v) is 6.83. The van der Waals surface area contributed by atoms with E-state index in [0.717, 1.165) is 21.2 Å². The van der Waals surface area contributed by atoms with Crippen molar-refractivity contribution in [1.29, 1.82) is 0 Å². The van der Waals surface area contributed by atoms with Crippen molar-refractivity contribution in [3.8, 4) is 11.5 Å². The normalized spacial score (nSPS) is 14.9. The molecule has 0 radical (unpaired) electrons. The number of methoxy groups -OCH3 is 1. The molecular weight excluding hydrogens is 500 g/mol. The Labute approximate surface area is 199 Å². The number of anilines is 1. The van der Waals surface area contributed by atoms with Gasteiger partial charge in [-0.25, -0.2) is 0 Å². The van der Waals surface area contributed by atoms with Gasteiger partial charge in [0.15, 0.2) is 18.1 Å². The number of thioether (sulfide) groups is 1. The van der Waals surface area contributed by atoms with E-state index in [9.17, 15) is 9.59 Å². The predicted molar refractivity (Wildman–Crippen MR) is 132 cm³/mol. The quantitative estimate of drug-likeness (QED) is 0.430. The highest BCUT2D eigenvalue weighted by Crippen LogP contribution is 2.34. The molecule has 2 aromatic carbocycles. The number of hydrogen-bond donors (Lipinski definition) is 1. The number of carbonyl (C=O) groups is 2. The molecule has 1 heterocycles. The van der Waals surface area contributed by atoms with Crippen LogP contribution in [0, 0.1) is 13.8 Å². The number of thiocarbonyl (C=S) groups is 1. The van der Waals surface area contributed by atoms with E-state index in [1.54, 1.807) is 31.3 Å². The average Bonchev–Trinajstić information content (AvgIpc) is 2.97. The second-order valence-electron chi connectivity index (χ2n) is 6.90. The van der Waals surface area contributed by atoms with E-state index in [1.165, 1.54) is 23.8 Å². The van der Waals surface area contributed by atoms with E-state index in [4.69, 9.17) is 21.7 Å². The Morgan fingerprint density at radius 2 is 1.94 bits per heavy atom. The molecule has 1 aliphatic heterocycles. The van der Waals surface area contributed by atoms with E-state index < -0.39 is 0 Å². The van der Waals surface area contributed by atoms with Crippen molar-refractivity contribution < 1.29 is 19.1 Å². The van der Waals surface area contributed by atoms with Gasteiger partial charge in [-0.1, -0.05) is 30.0 Å². The van der Waals surface area contributed by atoms with Crippen molar-refractivity contribution in [2.45, 2.75) is 13.8 Å². The molecule has 0 saturated carbocycles. The van der Waals surface area contributed by atoms with Gasteiger partial charge in [-0.2, -0.15) is 0 Å². The minimum atomic E-state index is -0.290. The van der Waals surface area contributed by atoms with Crippen molar-refractivity contribution in [2.24, 2.45) is 0 Å². The highest BCUT2D eigenvalue weighted by atomic mass is 79.9. The summed E-state index contributed by atoms with van der Waals surface area (Å²) in [6, 6.07) is 9.11. The Bertz CT molecular complexity index is 1100. The van der Waals surface area contributed by atoms with Gasteiger partial charge in [-0.15, -0.1) is 0 Å². The summed E-state index contributed by atoms with van der Waals surface area (Å²) in [7, 11) is 3.17. The molecule has 0 unspecified atom stereocenters. The van der Waals surface area contributed by atoms with Crippen LogP contribution in [0.2, 0.25) is 0 Å². The molecule has 2 amide bonds. The van der Waals surface area contributed by atoms with E-state index in [0.29, 0.717) is 26.4 Å². The van der Waals surface area contributed by atoms with E-state index >= 15 is 0 Å². The molecule has 3 rings (SSSR count). The standard InChI is InChI=1S/C22H21BrN2O4S2/c1-12-7-15(23)16(8-13(12)2)24-20(26)11-29-17-6-5-14(9-18(17)28-4)10-19-21(27)25(3)22(30)31-19/h5-10H,11H2,1-4H3,(H,24,26). The van der Waals surface area contributed by atoms with Crippen LogP contribution in [0.4, 0.5) is 5.69 Å². The van der Waals surface area contributed by atoms with Crippen LogP contribution in [0.3, 0.4) is 0 Å². The maximum atomic E-state index is 12.4. The number of ether oxygens (including phenoxy) is 2.